The maximum absolute atomic E-state index is 12.2. The molecule has 8 nitrogen and oxygen atoms in total. The summed E-state index contributed by atoms with van der Waals surface area (Å²) in [7, 11) is 0. The number of aliphatic hydroxyl groups is 1. The largest absolute Gasteiger partial charge is 0.435 e. The summed E-state index contributed by atoms with van der Waals surface area (Å²) < 4.78 is 30.9. The van der Waals surface area contributed by atoms with Crippen LogP contribution in [0.15, 0.2) is 29.3 Å². The molecule has 1 aliphatic heterocycles. The third-order valence-corrected chi connectivity index (χ3v) is 4.86. The number of fused-ring (bicyclic) bond motifs is 1. The average Bonchev–Trinajstić information content (AvgIpc) is 2.96. The van der Waals surface area contributed by atoms with Crippen LogP contribution in [0.2, 0.25) is 0 Å². The van der Waals surface area contributed by atoms with Gasteiger partial charge in [0, 0.05) is 26.1 Å². The van der Waals surface area contributed by atoms with Gasteiger partial charge in [0.05, 0.1) is 6.10 Å². The van der Waals surface area contributed by atoms with E-state index < -0.39 is 12.7 Å². The highest BCUT2D eigenvalue weighted by Crippen LogP contribution is 2.19. The number of halogens is 2. The van der Waals surface area contributed by atoms with Crippen LogP contribution in [0, 0.1) is 0 Å². The molecule has 0 fully saturated rings. The second-order valence-corrected chi connectivity index (χ2v) is 7.03. The molecule has 30 heavy (non-hydrogen) atoms. The molecule has 0 radical (unpaired) electrons. The number of aryl methyl sites for hydroxylation is 1. The number of nitrogens with one attached hydrogen (secondary N) is 2. The van der Waals surface area contributed by atoms with Gasteiger partial charge in [0.25, 0.3) is 0 Å². The first-order valence-corrected chi connectivity index (χ1v) is 10.2. The lowest BCUT2D eigenvalue weighted by Crippen LogP contribution is -2.39. The lowest BCUT2D eigenvalue weighted by atomic mass is 10.1. The van der Waals surface area contributed by atoms with Crippen molar-refractivity contribution >= 4 is 5.96 Å². The van der Waals surface area contributed by atoms with Gasteiger partial charge in [-0.1, -0.05) is 18.6 Å². The number of hydrogen-bond acceptors (Lipinski definition) is 5. The number of nitrogens with zero attached hydrogens (tertiary/aromatic N) is 4. The maximum Gasteiger partial charge on any atom is 0.387 e. The van der Waals surface area contributed by atoms with Gasteiger partial charge in [-0.2, -0.15) is 8.78 Å². The van der Waals surface area contributed by atoms with Crippen LogP contribution >= 0.6 is 0 Å². The average molecular weight is 422 g/mol. The van der Waals surface area contributed by atoms with E-state index in [0.717, 1.165) is 37.5 Å². The summed E-state index contributed by atoms with van der Waals surface area (Å²) in [4.78, 5) is 4.56. The minimum atomic E-state index is -2.87. The quantitative estimate of drug-likeness (QED) is 0.447. The van der Waals surface area contributed by atoms with Gasteiger partial charge in [0.2, 0.25) is 0 Å². The molecule has 3 N–H and O–H groups in total. The molecular weight excluding hydrogens is 394 g/mol. The highest BCUT2D eigenvalue weighted by atomic mass is 19.3. The van der Waals surface area contributed by atoms with Gasteiger partial charge in [-0.05, 0) is 37.5 Å². The smallest absolute Gasteiger partial charge is 0.387 e. The first kappa shape index (κ1) is 21.9. The van der Waals surface area contributed by atoms with Crippen molar-refractivity contribution in [2.24, 2.45) is 4.99 Å². The zero-order valence-electron chi connectivity index (χ0n) is 17.0. The molecule has 1 unspecified atom stereocenters. The number of rotatable bonds is 8. The van der Waals surface area contributed by atoms with Crippen molar-refractivity contribution in [3.05, 3.63) is 41.5 Å². The van der Waals surface area contributed by atoms with E-state index in [-0.39, 0.29) is 12.3 Å². The molecule has 3 rings (SSSR count). The molecule has 10 heteroatoms. The molecular formula is C20H28F2N6O2. The van der Waals surface area contributed by atoms with Gasteiger partial charge in [0.1, 0.15) is 18.1 Å². The molecule has 0 aliphatic carbocycles. The number of guanidine groups is 1. The Labute approximate surface area is 174 Å². The standard InChI is InChI=1S/C20H28F2N6O2/c1-2-23-20(25-13-18-27-26-17-6-4-3-5-11-28(17)18)24-12-16(29)14-7-9-15(10-8-14)30-19(21)22/h7-10,16,19,29H,2-6,11-13H2,1H3,(H2,23,24,25). The first-order chi connectivity index (χ1) is 14.6. The monoisotopic (exact) mass is 422 g/mol. The molecule has 0 saturated carbocycles. The lowest BCUT2D eigenvalue weighted by molar-refractivity contribution is -0.0498. The molecule has 1 aromatic carbocycles. The zero-order valence-corrected chi connectivity index (χ0v) is 17.0. The lowest BCUT2D eigenvalue weighted by Gasteiger charge is -2.16. The summed E-state index contributed by atoms with van der Waals surface area (Å²) >= 11 is 0. The second kappa shape index (κ2) is 10.9. The molecule has 0 bridgehead atoms. The van der Waals surface area contributed by atoms with E-state index in [9.17, 15) is 13.9 Å². The Hall–Kier alpha value is -2.75. The van der Waals surface area contributed by atoms with Gasteiger partial charge in [0.15, 0.2) is 11.8 Å². The van der Waals surface area contributed by atoms with Crippen molar-refractivity contribution in [1.82, 2.24) is 25.4 Å². The molecule has 164 valence electrons. The predicted molar refractivity (Wildman–Crippen MR) is 108 cm³/mol. The van der Waals surface area contributed by atoms with E-state index in [1.165, 1.54) is 18.6 Å². The molecule has 1 atom stereocenters. The zero-order chi connectivity index (χ0) is 21.3. The van der Waals surface area contributed by atoms with Crippen molar-refractivity contribution in [3.8, 4) is 5.75 Å². The normalized spacial score (nSPS) is 15.4. The fraction of sp³-hybridized carbons (Fsp3) is 0.550. The minimum absolute atomic E-state index is 0.0521. The summed E-state index contributed by atoms with van der Waals surface area (Å²) in [6, 6.07) is 5.92. The number of aliphatic hydroxyl groups excluding tert-OH is 1. The van der Waals surface area contributed by atoms with E-state index in [1.54, 1.807) is 12.1 Å². The van der Waals surface area contributed by atoms with Crippen LogP contribution in [0.4, 0.5) is 8.78 Å². The van der Waals surface area contributed by atoms with Crippen molar-refractivity contribution in [2.75, 3.05) is 13.1 Å². The van der Waals surface area contributed by atoms with E-state index in [0.29, 0.717) is 24.6 Å². The van der Waals surface area contributed by atoms with Crippen LogP contribution in [0.5, 0.6) is 5.75 Å². The van der Waals surface area contributed by atoms with Crippen LogP contribution in [-0.4, -0.2) is 45.5 Å². The highest BCUT2D eigenvalue weighted by molar-refractivity contribution is 5.79. The summed E-state index contributed by atoms with van der Waals surface area (Å²) in [6.45, 7) is 1.26. The number of alkyl halides is 2. The van der Waals surface area contributed by atoms with E-state index in [4.69, 9.17) is 0 Å². The Bertz CT molecular complexity index is 825. The van der Waals surface area contributed by atoms with E-state index in [1.807, 2.05) is 6.92 Å². The molecule has 0 saturated heterocycles. The maximum atomic E-state index is 12.2. The van der Waals surface area contributed by atoms with E-state index in [2.05, 4.69) is 35.1 Å². The minimum Gasteiger partial charge on any atom is -0.435 e. The topological polar surface area (TPSA) is 96.6 Å². The van der Waals surface area contributed by atoms with Gasteiger partial charge in [-0.25, -0.2) is 4.99 Å². The fourth-order valence-electron chi connectivity index (χ4n) is 3.34. The van der Waals surface area contributed by atoms with Crippen LogP contribution in [-0.2, 0) is 19.5 Å². The number of aliphatic imine (C=N–C) groups is 1. The predicted octanol–water partition coefficient (Wildman–Crippen LogP) is 2.39. The Morgan fingerprint density at radius 2 is 2.00 bits per heavy atom. The molecule has 1 aromatic heterocycles. The third-order valence-electron chi connectivity index (χ3n) is 4.86. The second-order valence-electron chi connectivity index (χ2n) is 7.03. The third kappa shape index (κ3) is 6.12. The Morgan fingerprint density at radius 1 is 1.20 bits per heavy atom. The summed E-state index contributed by atoms with van der Waals surface area (Å²) in [6.07, 6.45) is 3.57. The Kier molecular flexibility index (Phi) is 7.95. The summed E-state index contributed by atoms with van der Waals surface area (Å²) in [5.41, 5.74) is 0.586. The van der Waals surface area contributed by atoms with Crippen LogP contribution in [0.3, 0.4) is 0 Å². The van der Waals surface area contributed by atoms with Crippen LogP contribution < -0.4 is 15.4 Å². The van der Waals surface area contributed by atoms with Crippen molar-refractivity contribution in [3.63, 3.8) is 0 Å². The van der Waals surface area contributed by atoms with Crippen LogP contribution in [0.1, 0.15) is 49.5 Å². The fourth-order valence-corrected chi connectivity index (χ4v) is 3.34. The number of benzene rings is 1. The van der Waals surface area contributed by atoms with E-state index >= 15 is 0 Å². The van der Waals surface area contributed by atoms with Gasteiger partial charge >= 0.3 is 6.61 Å². The molecule has 0 amide bonds. The van der Waals surface area contributed by atoms with Crippen molar-refractivity contribution in [2.45, 2.75) is 58.4 Å². The Balaban J connectivity index is 1.58. The molecule has 1 aliphatic rings. The SMILES string of the molecule is CCNC(=NCc1nnc2n1CCCCC2)NCC(O)c1ccc(OC(F)F)cc1. The number of aromatic nitrogens is 3. The summed E-state index contributed by atoms with van der Waals surface area (Å²) in [5.74, 6) is 2.46. The Morgan fingerprint density at radius 3 is 2.73 bits per heavy atom. The van der Waals surface area contributed by atoms with Gasteiger partial charge < -0.3 is 25.0 Å². The van der Waals surface area contributed by atoms with Crippen molar-refractivity contribution < 1.29 is 18.6 Å². The van der Waals surface area contributed by atoms with Crippen molar-refractivity contribution in [1.29, 1.82) is 0 Å². The number of hydrogen-bond donors (Lipinski definition) is 3. The van der Waals surface area contributed by atoms with Gasteiger partial charge in [-0.3, -0.25) is 0 Å². The van der Waals surface area contributed by atoms with Gasteiger partial charge in [-0.15, -0.1) is 10.2 Å². The molecule has 2 heterocycles. The summed E-state index contributed by atoms with van der Waals surface area (Å²) in [5, 5.41) is 25.2. The first-order valence-electron chi connectivity index (χ1n) is 10.2. The number of ether oxygens (including phenoxy) is 1. The molecule has 2 aromatic rings. The highest BCUT2D eigenvalue weighted by Gasteiger charge is 2.15. The molecule has 0 spiro atoms. The van der Waals surface area contributed by atoms with Crippen LogP contribution in [0.25, 0.3) is 0 Å².